The molecule has 37 heavy (non-hydrogen) atoms. The van der Waals surface area contributed by atoms with Gasteiger partial charge in [-0.15, -0.1) is 0 Å². The van der Waals surface area contributed by atoms with E-state index in [1.54, 1.807) is 48.8 Å². The zero-order valence-corrected chi connectivity index (χ0v) is 20.2. The van der Waals surface area contributed by atoms with Crippen molar-refractivity contribution in [3.63, 3.8) is 0 Å². The molecule has 2 amide bonds. The molecule has 0 aliphatic rings. The molecule has 0 radical (unpaired) electrons. The first-order chi connectivity index (χ1) is 18.0. The highest BCUT2D eigenvalue weighted by atomic mass is 35.5. The van der Waals surface area contributed by atoms with Crippen molar-refractivity contribution in [2.24, 2.45) is 0 Å². The predicted molar refractivity (Wildman–Crippen MR) is 146 cm³/mol. The van der Waals surface area contributed by atoms with E-state index in [9.17, 15) is 9.59 Å². The molecule has 2 aromatic heterocycles. The Morgan fingerprint density at radius 2 is 1.76 bits per heavy atom. The van der Waals surface area contributed by atoms with Gasteiger partial charge in [-0.3, -0.25) is 9.59 Å². The van der Waals surface area contributed by atoms with Gasteiger partial charge in [-0.2, -0.15) is 0 Å². The van der Waals surface area contributed by atoms with Crippen LogP contribution in [0.2, 0.25) is 5.02 Å². The number of hydrogen-bond acceptors (Lipinski definition) is 5. The lowest BCUT2D eigenvalue weighted by atomic mass is 9.95. The summed E-state index contributed by atoms with van der Waals surface area (Å²) >= 11 is 6.68. The molecule has 0 bridgehead atoms. The van der Waals surface area contributed by atoms with Gasteiger partial charge in [0.15, 0.2) is 0 Å². The normalized spacial score (nSPS) is 10.6. The van der Waals surface area contributed by atoms with Crippen LogP contribution in [-0.4, -0.2) is 26.8 Å². The van der Waals surface area contributed by atoms with E-state index in [-0.39, 0.29) is 11.8 Å². The molecule has 7 nitrogen and oxygen atoms in total. The van der Waals surface area contributed by atoms with Gasteiger partial charge in [-0.25, -0.2) is 15.0 Å². The van der Waals surface area contributed by atoms with Crippen LogP contribution in [0.3, 0.4) is 0 Å². The average Bonchev–Trinajstić information content (AvgIpc) is 2.93. The number of nitrogens with one attached hydrogen (secondary N) is 2. The Hall–Kier alpha value is -4.88. The van der Waals surface area contributed by atoms with E-state index in [0.29, 0.717) is 22.1 Å². The highest BCUT2D eigenvalue weighted by Crippen LogP contribution is 2.36. The number of hydrogen-bond donors (Lipinski definition) is 2. The number of rotatable bonds is 6. The van der Waals surface area contributed by atoms with Crippen molar-refractivity contribution in [3.8, 4) is 22.3 Å². The Labute approximate surface area is 217 Å². The van der Waals surface area contributed by atoms with E-state index in [2.05, 4.69) is 32.2 Å². The minimum absolute atomic E-state index is 0.294. The third kappa shape index (κ3) is 5.22. The first-order valence-corrected chi connectivity index (χ1v) is 11.7. The van der Waals surface area contributed by atoms with Crippen LogP contribution in [0.1, 0.15) is 10.4 Å². The topological polar surface area (TPSA) is 96.9 Å². The molecule has 3 aromatic carbocycles. The Morgan fingerprint density at radius 1 is 0.865 bits per heavy atom. The maximum Gasteiger partial charge on any atom is 0.256 e. The van der Waals surface area contributed by atoms with Crippen molar-refractivity contribution in [1.82, 2.24) is 15.0 Å². The van der Waals surface area contributed by atoms with E-state index >= 15 is 0 Å². The minimum Gasteiger partial charge on any atom is -0.323 e. The second-order valence-electron chi connectivity index (χ2n) is 8.12. The number of aromatic nitrogens is 3. The van der Waals surface area contributed by atoms with Gasteiger partial charge in [0.25, 0.3) is 5.91 Å². The fraction of sp³-hybridized carbons (Fsp3) is 0. The molecule has 0 aliphatic carbocycles. The van der Waals surface area contributed by atoms with Crippen LogP contribution in [-0.2, 0) is 4.79 Å². The standard InChI is InChI=1S/C29H20ClN5O2/c1-2-27(36)34-22-7-5-6-18(13-22)24-14-20(12-21-16-31-17-33-28(21)24)23-10-9-19(15-25(23)30)29(37)35-26-8-3-4-11-32-26/h2-17H,1H2,(H,34,36)(H,32,35,37). The maximum absolute atomic E-state index is 12.7. The van der Waals surface area contributed by atoms with Gasteiger partial charge < -0.3 is 10.6 Å². The third-order valence-electron chi connectivity index (χ3n) is 5.68. The van der Waals surface area contributed by atoms with Crippen LogP contribution in [0.4, 0.5) is 11.5 Å². The van der Waals surface area contributed by atoms with Crippen molar-refractivity contribution in [3.05, 3.63) is 115 Å². The van der Waals surface area contributed by atoms with Gasteiger partial charge in [-0.1, -0.05) is 42.4 Å². The van der Waals surface area contributed by atoms with Gasteiger partial charge in [0.2, 0.25) is 5.91 Å². The third-order valence-corrected chi connectivity index (χ3v) is 5.99. The second kappa shape index (κ2) is 10.4. The fourth-order valence-corrected chi connectivity index (χ4v) is 4.24. The van der Waals surface area contributed by atoms with E-state index in [0.717, 1.165) is 33.2 Å². The Morgan fingerprint density at radius 3 is 2.54 bits per heavy atom. The fourth-order valence-electron chi connectivity index (χ4n) is 3.95. The van der Waals surface area contributed by atoms with E-state index < -0.39 is 0 Å². The highest BCUT2D eigenvalue weighted by Gasteiger charge is 2.14. The largest absolute Gasteiger partial charge is 0.323 e. The second-order valence-corrected chi connectivity index (χ2v) is 8.53. The van der Waals surface area contributed by atoms with Gasteiger partial charge in [-0.05, 0) is 65.7 Å². The molecular formula is C29H20ClN5O2. The molecule has 0 aliphatic heterocycles. The summed E-state index contributed by atoms with van der Waals surface area (Å²) < 4.78 is 0. The summed E-state index contributed by atoms with van der Waals surface area (Å²) in [4.78, 5) is 37.3. The Bertz CT molecular complexity index is 1650. The number of carbonyl (C=O) groups is 2. The van der Waals surface area contributed by atoms with Crippen molar-refractivity contribution in [2.75, 3.05) is 10.6 Å². The number of anilines is 2. The van der Waals surface area contributed by atoms with Gasteiger partial charge in [0.1, 0.15) is 12.1 Å². The Balaban J connectivity index is 1.54. The molecule has 5 rings (SSSR count). The monoisotopic (exact) mass is 505 g/mol. The zero-order valence-electron chi connectivity index (χ0n) is 19.5. The molecule has 0 spiro atoms. The SMILES string of the molecule is C=CC(=O)Nc1cccc(-c2cc(-c3ccc(C(=O)Nc4ccccn4)cc3Cl)cc3cncnc23)c1. The van der Waals surface area contributed by atoms with Crippen LogP contribution in [0.5, 0.6) is 0 Å². The molecule has 0 atom stereocenters. The molecule has 180 valence electrons. The number of carbonyl (C=O) groups excluding carboxylic acids is 2. The number of halogens is 1. The summed E-state index contributed by atoms with van der Waals surface area (Å²) in [6, 6.07) is 21.9. The number of pyridine rings is 1. The molecule has 2 heterocycles. The molecule has 2 N–H and O–H groups in total. The summed E-state index contributed by atoms with van der Waals surface area (Å²) in [7, 11) is 0. The molecule has 0 fully saturated rings. The summed E-state index contributed by atoms with van der Waals surface area (Å²) in [5.41, 5.74) is 5.09. The van der Waals surface area contributed by atoms with Crippen molar-refractivity contribution >= 4 is 45.8 Å². The van der Waals surface area contributed by atoms with Crippen molar-refractivity contribution in [2.45, 2.75) is 0 Å². The van der Waals surface area contributed by atoms with Gasteiger partial charge >= 0.3 is 0 Å². The number of benzene rings is 3. The number of fused-ring (bicyclic) bond motifs is 1. The van der Waals surface area contributed by atoms with Crippen LogP contribution < -0.4 is 10.6 Å². The molecule has 0 saturated carbocycles. The molecule has 0 unspecified atom stereocenters. The Kier molecular flexibility index (Phi) is 6.70. The summed E-state index contributed by atoms with van der Waals surface area (Å²) in [5, 5.41) is 6.79. The molecule has 0 saturated heterocycles. The lowest BCUT2D eigenvalue weighted by Crippen LogP contribution is -2.12. The molecule has 5 aromatic rings. The zero-order chi connectivity index (χ0) is 25.8. The first-order valence-electron chi connectivity index (χ1n) is 11.3. The minimum atomic E-state index is -0.307. The van der Waals surface area contributed by atoms with Gasteiger partial charge in [0.05, 0.1) is 5.52 Å². The van der Waals surface area contributed by atoms with E-state index in [1.165, 1.54) is 12.4 Å². The molecule has 8 heteroatoms. The maximum atomic E-state index is 12.7. The van der Waals surface area contributed by atoms with Crippen LogP contribution >= 0.6 is 11.6 Å². The summed E-state index contributed by atoms with van der Waals surface area (Å²) in [6.07, 6.45) is 6.06. The van der Waals surface area contributed by atoms with Crippen LogP contribution in [0.25, 0.3) is 33.2 Å². The summed E-state index contributed by atoms with van der Waals surface area (Å²) in [6.45, 7) is 3.50. The average molecular weight is 506 g/mol. The smallest absolute Gasteiger partial charge is 0.256 e. The van der Waals surface area contributed by atoms with E-state index in [1.807, 2.05) is 36.4 Å². The lowest BCUT2D eigenvalue weighted by molar-refractivity contribution is -0.111. The number of amides is 2. The first kappa shape index (κ1) is 23.8. The summed E-state index contributed by atoms with van der Waals surface area (Å²) in [5.74, 6) is -0.145. The van der Waals surface area contributed by atoms with Crippen molar-refractivity contribution in [1.29, 1.82) is 0 Å². The lowest BCUT2D eigenvalue weighted by Gasteiger charge is -2.13. The van der Waals surface area contributed by atoms with Crippen LogP contribution in [0, 0.1) is 0 Å². The number of nitrogens with zero attached hydrogens (tertiary/aromatic N) is 3. The quantitative estimate of drug-likeness (QED) is 0.261. The predicted octanol–water partition coefficient (Wildman–Crippen LogP) is 6.39. The van der Waals surface area contributed by atoms with E-state index in [4.69, 9.17) is 11.6 Å². The highest BCUT2D eigenvalue weighted by molar-refractivity contribution is 6.34. The van der Waals surface area contributed by atoms with Crippen molar-refractivity contribution < 1.29 is 9.59 Å². The molecular weight excluding hydrogens is 486 g/mol. The van der Waals surface area contributed by atoms with Gasteiger partial charge in [0, 0.05) is 45.2 Å². The van der Waals surface area contributed by atoms with Crippen LogP contribution in [0.15, 0.2) is 104 Å².